The van der Waals surface area contributed by atoms with Gasteiger partial charge in [0, 0.05) is 18.5 Å². The number of phenols is 1. The van der Waals surface area contributed by atoms with Gasteiger partial charge in [0.25, 0.3) is 0 Å². The summed E-state index contributed by atoms with van der Waals surface area (Å²) >= 11 is 0. The van der Waals surface area contributed by atoms with Crippen LogP contribution in [0, 0.1) is 5.92 Å². The lowest BCUT2D eigenvalue weighted by atomic mass is 9.99. The lowest BCUT2D eigenvalue weighted by molar-refractivity contribution is 0.175. The molecule has 4 rings (SSSR count). The van der Waals surface area contributed by atoms with Gasteiger partial charge in [-0.2, -0.15) is 0 Å². The van der Waals surface area contributed by atoms with Crippen LogP contribution in [0.2, 0.25) is 0 Å². The molecule has 1 N–H and O–H groups in total. The van der Waals surface area contributed by atoms with Crippen molar-refractivity contribution in [1.82, 2.24) is 4.90 Å². The van der Waals surface area contributed by atoms with Crippen molar-refractivity contribution in [2.24, 2.45) is 5.92 Å². The number of fused-ring (bicyclic) bond motifs is 1. The van der Waals surface area contributed by atoms with Crippen LogP contribution in [-0.2, 0) is 6.54 Å². The van der Waals surface area contributed by atoms with E-state index in [0.717, 1.165) is 30.5 Å². The molecule has 1 unspecified atom stereocenters. The van der Waals surface area contributed by atoms with Gasteiger partial charge in [-0.1, -0.05) is 37.3 Å². The highest BCUT2D eigenvalue weighted by atomic mass is 16.4. The molecule has 3 aromatic rings. The summed E-state index contributed by atoms with van der Waals surface area (Å²) in [4.78, 5) is 14.9. The number of likely N-dealkylation sites (tertiary alicyclic amines) is 1. The van der Waals surface area contributed by atoms with E-state index in [1.165, 1.54) is 6.42 Å². The second-order valence-electron chi connectivity index (χ2n) is 7.28. The molecule has 0 aliphatic carbocycles. The Hall–Kier alpha value is -2.59. The second kappa shape index (κ2) is 6.96. The number of piperidine rings is 1. The van der Waals surface area contributed by atoms with Crippen molar-refractivity contribution < 1.29 is 9.52 Å². The summed E-state index contributed by atoms with van der Waals surface area (Å²) in [5.74, 6) is 0.837. The molecule has 0 spiro atoms. The molecule has 26 heavy (non-hydrogen) atoms. The molecule has 1 saturated heterocycles. The van der Waals surface area contributed by atoms with Crippen LogP contribution in [0.3, 0.4) is 0 Å². The molecule has 1 aromatic heterocycles. The fourth-order valence-electron chi connectivity index (χ4n) is 3.86. The van der Waals surface area contributed by atoms with Gasteiger partial charge >= 0.3 is 5.63 Å². The first-order valence-electron chi connectivity index (χ1n) is 9.18. The van der Waals surface area contributed by atoms with Gasteiger partial charge in [0.15, 0.2) is 0 Å². The van der Waals surface area contributed by atoms with Gasteiger partial charge < -0.3 is 9.52 Å². The molecule has 2 heterocycles. The van der Waals surface area contributed by atoms with Gasteiger partial charge in [-0.25, -0.2) is 4.79 Å². The van der Waals surface area contributed by atoms with Gasteiger partial charge in [-0.15, -0.1) is 0 Å². The largest absolute Gasteiger partial charge is 0.507 e. The maximum atomic E-state index is 12.6. The van der Waals surface area contributed by atoms with Gasteiger partial charge in [-0.3, -0.25) is 4.90 Å². The average molecular weight is 349 g/mol. The first kappa shape index (κ1) is 16.9. The van der Waals surface area contributed by atoms with Gasteiger partial charge in [-0.05, 0) is 49.1 Å². The smallest absolute Gasteiger partial charge is 0.344 e. The quantitative estimate of drug-likeness (QED) is 0.712. The first-order valence-corrected chi connectivity index (χ1v) is 9.18. The summed E-state index contributed by atoms with van der Waals surface area (Å²) in [6, 6.07) is 14.9. The topological polar surface area (TPSA) is 53.7 Å². The number of rotatable bonds is 3. The normalized spacial score (nSPS) is 18.3. The van der Waals surface area contributed by atoms with Crippen molar-refractivity contribution >= 4 is 11.0 Å². The molecule has 1 fully saturated rings. The van der Waals surface area contributed by atoms with Crippen molar-refractivity contribution in [2.75, 3.05) is 13.1 Å². The van der Waals surface area contributed by atoms with E-state index >= 15 is 0 Å². The van der Waals surface area contributed by atoms with Crippen molar-refractivity contribution in [3.63, 3.8) is 0 Å². The number of aromatic hydroxyl groups is 1. The SMILES string of the molecule is CC1CCCN(Cc2c(O)ccc3cc(-c4ccccc4)c(=O)oc23)C1. The van der Waals surface area contributed by atoms with Crippen LogP contribution in [0.5, 0.6) is 5.75 Å². The zero-order valence-electron chi connectivity index (χ0n) is 14.9. The summed E-state index contributed by atoms with van der Waals surface area (Å²) in [5.41, 5.74) is 2.20. The number of phenolic OH excluding ortho intramolecular Hbond substituents is 1. The van der Waals surface area contributed by atoms with Crippen molar-refractivity contribution in [2.45, 2.75) is 26.3 Å². The molecule has 134 valence electrons. The lowest BCUT2D eigenvalue weighted by Gasteiger charge is -2.31. The minimum Gasteiger partial charge on any atom is -0.507 e. The Morgan fingerprint density at radius 3 is 2.77 bits per heavy atom. The number of nitrogens with zero attached hydrogens (tertiary/aromatic N) is 1. The van der Waals surface area contributed by atoms with Crippen LogP contribution >= 0.6 is 0 Å². The average Bonchev–Trinajstić information content (AvgIpc) is 2.65. The standard InChI is InChI=1S/C22H23NO3/c1-15-6-5-11-23(13-15)14-19-20(24)10-9-17-12-18(22(25)26-21(17)19)16-7-3-2-4-8-16/h2-4,7-10,12,15,24H,5-6,11,13-14H2,1H3. The van der Waals surface area contributed by atoms with E-state index in [2.05, 4.69) is 11.8 Å². The molecular formula is C22H23NO3. The highest BCUT2D eigenvalue weighted by molar-refractivity contribution is 5.85. The molecule has 0 radical (unpaired) electrons. The van der Waals surface area contributed by atoms with Crippen LogP contribution in [-0.4, -0.2) is 23.1 Å². The Labute approximate surface area is 152 Å². The maximum Gasteiger partial charge on any atom is 0.344 e. The summed E-state index contributed by atoms with van der Waals surface area (Å²) in [5, 5.41) is 11.2. The molecular weight excluding hydrogens is 326 g/mol. The van der Waals surface area contributed by atoms with E-state index < -0.39 is 0 Å². The summed E-state index contributed by atoms with van der Waals surface area (Å²) in [6.45, 7) is 4.86. The van der Waals surface area contributed by atoms with E-state index in [4.69, 9.17) is 4.42 Å². The highest BCUT2D eigenvalue weighted by Crippen LogP contribution is 2.31. The Balaban J connectivity index is 1.77. The van der Waals surface area contributed by atoms with Gasteiger partial charge in [0.2, 0.25) is 0 Å². The number of hydrogen-bond acceptors (Lipinski definition) is 4. The third-order valence-electron chi connectivity index (χ3n) is 5.19. The molecule has 1 atom stereocenters. The molecule has 0 bridgehead atoms. The fourth-order valence-corrected chi connectivity index (χ4v) is 3.86. The van der Waals surface area contributed by atoms with E-state index in [1.807, 2.05) is 42.5 Å². The number of benzene rings is 2. The molecule has 0 saturated carbocycles. The summed E-state index contributed by atoms with van der Waals surface area (Å²) in [6.07, 6.45) is 2.41. The Morgan fingerprint density at radius 1 is 1.19 bits per heavy atom. The van der Waals surface area contributed by atoms with Crippen LogP contribution in [0.25, 0.3) is 22.1 Å². The zero-order chi connectivity index (χ0) is 18.1. The van der Waals surface area contributed by atoms with Crippen LogP contribution in [0.1, 0.15) is 25.3 Å². The molecule has 4 nitrogen and oxygen atoms in total. The Bertz CT molecular complexity index is 978. The summed E-state index contributed by atoms with van der Waals surface area (Å²) < 4.78 is 5.69. The molecule has 0 amide bonds. The molecule has 2 aromatic carbocycles. The third kappa shape index (κ3) is 3.25. The molecule has 1 aliphatic rings. The lowest BCUT2D eigenvalue weighted by Crippen LogP contribution is -2.33. The third-order valence-corrected chi connectivity index (χ3v) is 5.19. The minimum atomic E-state index is -0.373. The Kier molecular flexibility index (Phi) is 4.51. The Morgan fingerprint density at radius 2 is 2.00 bits per heavy atom. The van der Waals surface area contributed by atoms with Gasteiger partial charge in [0.05, 0.1) is 11.1 Å². The van der Waals surface area contributed by atoms with E-state index in [0.29, 0.717) is 29.2 Å². The van der Waals surface area contributed by atoms with Crippen LogP contribution < -0.4 is 5.63 Å². The van der Waals surface area contributed by atoms with Crippen molar-refractivity contribution in [1.29, 1.82) is 0 Å². The van der Waals surface area contributed by atoms with Crippen LogP contribution in [0.4, 0.5) is 0 Å². The number of hydrogen-bond donors (Lipinski definition) is 1. The predicted molar refractivity (Wildman–Crippen MR) is 103 cm³/mol. The van der Waals surface area contributed by atoms with Gasteiger partial charge in [0.1, 0.15) is 11.3 Å². The minimum absolute atomic E-state index is 0.186. The zero-order valence-corrected chi connectivity index (χ0v) is 14.9. The van der Waals surface area contributed by atoms with Crippen LogP contribution in [0.15, 0.2) is 57.7 Å². The van der Waals surface area contributed by atoms with E-state index in [9.17, 15) is 9.90 Å². The second-order valence-corrected chi connectivity index (χ2v) is 7.28. The predicted octanol–water partition coefficient (Wildman–Crippen LogP) is 4.40. The summed E-state index contributed by atoms with van der Waals surface area (Å²) in [7, 11) is 0. The fraction of sp³-hybridized carbons (Fsp3) is 0.318. The van der Waals surface area contributed by atoms with Crippen molar-refractivity contribution in [3.8, 4) is 16.9 Å². The van der Waals surface area contributed by atoms with E-state index in [-0.39, 0.29) is 11.4 Å². The highest BCUT2D eigenvalue weighted by Gasteiger charge is 2.20. The maximum absolute atomic E-state index is 12.6. The molecule has 1 aliphatic heterocycles. The first-order chi connectivity index (χ1) is 12.6. The van der Waals surface area contributed by atoms with Crippen molar-refractivity contribution in [3.05, 3.63) is 64.5 Å². The monoisotopic (exact) mass is 349 g/mol. The molecule has 4 heteroatoms. The van der Waals surface area contributed by atoms with E-state index in [1.54, 1.807) is 6.07 Å².